The molecule has 1 fully saturated rings. The molecule has 0 spiro atoms. The van der Waals surface area contributed by atoms with Gasteiger partial charge in [-0.15, -0.1) is 11.3 Å². The summed E-state index contributed by atoms with van der Waals surface area (Å²) >= 11 is 1.35. The summed E-state index contributed by atoms with van der Waals surface area (Å²) in [5.41, 5.74) is 0.864. The number of amides is 1. The molecular formula is C13H19F2N3OS. The van der Waals surface area contributed by atoms with Crippen molar-refractivity contribution in [2.75, 3.05) is 12.4 Å². The molecule has 1 heterocycles. The van der Waals surface area contributed by atoms with Gasteiger partial charge < -0.3 is 10.6 Å². The predicted molar refractivity (Wildman–Crippen MR) is 75.1 cm³/mol. The standard InChI is InChI=1S/C13H19F2N3OS/c1-8(16-2)10-7-20-12(17-10)18-11(19)9-3-5-13(14,15)6-4-9/h7-9,16H,3-6H2,1-2H3,(H,17,18,19). The van der Waals surface area contributed by atoms with Crippen molar-refractivity contribution in [1.82, 2.24) is 10.3 Å². The molecule has 0 saturated heterocycles. The van der Waals surface area contributed by atoms with E-state index in [0.29, 0.717) is 5.13 Å². The zero-order valence-corrected chi connectivity index (χ0v) is 12.4. The van der Waals surface area contributed by atoms with E-state index in [4.69, 9.17) is 0 Å². The van der Waals surface area contributed by atoms with Crippen LogP contribution in [0.1, 0.15) is 44.3 Å². The Morgan fingerprint density at radius 3 is 2.75 bits per heavy atom. The number of aromatic nitrogens is 1. The molecule has 7 heteroatoms. The summed E-state index contributed by atoms with van der Waals surface area (Å²) in [6.07, 6.45) is 0.0734. The summed E-state index contributed by atoms with van der Waals surface area (Å²) in [5, 5.41) is 8.22. The Hall–Kier alpha value is -1.08. The van der Waals surface area contributed by atoms with Gasteiger partial charge in [-0.3, -0.25) is 4.79 Å². The van der Waals surface area contributed by atoms with Crippen molar-refractivity contribution in [2.45, 2.75) is 44.6 Å². The van der Waals surface area contributed by atoms with Crippen molar-refractivity contribution in [1.29, 1.82) is 0 Å². The van der Waals surface area contributed by atoms with Crippen LogP contribution in [0.25, 0.3) is 0 Å². The molecule has 1 amide bonds. The summed E-state index contributed by atoms with van der Waals surface area (Å²) in [7, 11) is 1.84. The molecule has 0 aromatic carbocycles. The summed E-state index contributed by atoms with van der Waals surface area (Å²) < 4.78 is 26.1. The van der Waals surface area contributed by atoms with Crippen LogP contribution < -0.4 is 10.6 Å². The van der Waals surface area contributed by atoms with Gasteiger partial charge in [0, 0.05) is 30.2 Å². The predicted octanol–water partition coefficient (Wildman–Crippen LogP) is 3.19. The zero-order valence-electron chi connectivity index (χ0n) is 11.6. The average molecular weight is 303 g/mol. The topological polar surface area (TPSA) is 54.0 Å². The van der Waals surface area contributed by atoms with E-state index in [1.54, 1.807) is 0 Å². The molecule has 1 unspecified atom stereocenters. The molecule has 0 aliphatic heterocycles. The lowest BCUT2D eigenvalue weighted by Gasteiger charge is -2.27. The molecule has 1 aliphatic rings. The average Bonchev–Trinajstić information content (AvgIpc) is 2.86. The van der Waals surface area contributed by atoms with Gasteiger partial charge in [0.05, 0.1) is 5.69 Å². The maximum atomic E-state index is 13.1. The Balaban J connectivity index is 1.90. The highest BCUT2D eigenvalue weighted by molar-refractivity contribution is 7.13. The van der Waals surface area contributed by atoms with Crippen LogP contribution in [-0.4, -0.2) is 23.9 Å². The van der Waals surface area contributed by atoms with Gasteiger partial charge in [-0.25, -0.2) is 13.8 Å². The van der Waals surface area contributed by atoms with E-state index in [-0.39, 0.29) is 43.6 Å². The van der Waals surface area contributed by atoms with E-state index in [1.807, 2.05) is 19.4 Å². The van der Waals surface area contributed by atoms with Crippen LogP contribution in [0.2, 0.25) is 0 Å². The van der Waals surface area contributed by atoms with Crippen LogP contribution in [-0.2, 0) is 4.79 Å². The molecule has 0 bridgehead atoms. The summed E-state index contributed by atoms with van der Waals surface area (Å²) in [6.45, 7) is 1.98. The van der Waals surface area contributed by atoms with Crippen LogP contribution in [0.5, 0.6) is 0 Å². The number of rotatable bonds is 4. The number of carbonyl (C=O) groups excluding carboxylic acids is 1. The van der Waals surface area contributed by atoms with Gasteiger partial charge in [0.2, 0.25) is 11.8 Å². The maximum absolute atomic E-state index is 13.1. The van der Waals surface area contributed by atoms with Crippen LogP contribution in [0.3, 0.4) is 0 Å². The van der Waals surface area contributed by atoms with Crippen molar-refractivity contribution < 1.29 is 13.6 Å². The van der Waals surface area contributed by atoms with Crippen molar-refractivity contribution in [2.24, 2.45) is 5.92 Å². The third-order valence-corrected chi connectivity index (χ3v) is 4.49. The second-order valence-electron chi connectivity index (χ2n) is 5.21. The highest BCUT2D eigenvalue weighted by atomic mass is 32.1. The third kappa shape index (κ3) is 3.73. The maximum Gasteiger partial charge on any atom is 0.248 e. The fourth-order valence-corrected chi connectivity index (χ4v) is 3.01. The first-order valence-corrected chi connectivity index (χ1v) is 7.60. The Labute approximate surface area is 121 Å². The smallest absolute Gasteiger partial charge is 0.248 e. The fourth-order valence-electron chi connectivity index (χ4n) is 2.20. The second-order valence-corrected chi connectivity index (χ2v) is 6.07. The van der Waals surface area contributed by atoms with E-state index in [9.17, 15) is 13.6 Å². The van der Waals surface area contributed by atoms with Gasteiger partial charge in [0.1, 0.15) is 0 Å². The van der Waals surface area contributed by atoms with Gasteiger partial charge in [0.15, 0.2) is 5.13 Å². The zero-order chi connectivity index (χ0) is 14.8. The van der Waals surface area contributed by atoms with E-state index in [1.165, 1.54) is 11.3 Å². The van der Waals surface area contributed by atoms with Crippen LogP contribution in [0.15, 0.2) is 5.38 Å². The number of carbonyl (C=O) groups is 1. The molecule has 2 N–H and O–H groups in total. The summed E-state index contributed by atoms with van der Waals surface area (Å²) in [5.74, 6) is -3.13. The van der Waals surface area contributed by atoms with Crippen molar-refractivity contribution in [3.8, 4) is 0 Å². The van der Waals surface area contributed by atoms with E-state index < -0.39 is 5.92 Å². The van der Waals surface area contributed by atoms with Crippen LogP contribution in [0.4, 0.5) is 13.9 Å². The van der Waals surface area contributed by atoms with E-state index in [0.717, 1.165) is 5.69 Å². The number of nitrogens with zero attached hydrogens (tertiary/aromatic N) is 1. The molecule has 1 aliphatic carbocycles. The highest BCUT2D eigenvalue weighted by Crippen LogP contribution is 2.36. The number of halogens is 2. The Morgan fingerprint density at radius 1 is 1.50 bits per heavy atom. The quantitative estimate of drug-likeness (QED) is 0.898. The minimum Gasteiger partial charge on any atom is -0.312 e. The number of thiazole rings is 1. The van der Waals surface area contributed by atoms with Gasteiger partial charge >= 0.3 is 0 Å². The minimum atomic E-state index is -2.60. The van der Waals surface area contributed by atoms with Crippen molar-refractivity contribution in [3.05, 3.63) is 11.1 Å². The Morgan fingerprint density at radius 2 is 2.15 bits per heavy atom. The number of anilines is 1. The lowest BCUT2D eigenvalue weighted by molar-refractivity contribution is -0.124. The number of nitrogens with one attached hydrogen (secondary N) is 2. The lowest BCUT2D eigenvalue weighted by Crippen LogP contribution is -2.31. The molecule has 2 rings (SSSR count). The van der Waals surface area contributed by atoms with Crippen molar-refractivity contribution in [3.63, 3.8) is 0 Å². The second kappa shape index (κ2) is 6.13. The fraction of sp³-hybridized carbons (Fsp3) is 0.692. The summed E-state index contributed by atoms with van der Waals surface area (Å²) in [6, 6.07) is 0.116. The molecule has 1 aromatic rings. The largest absolute Gasteiger partial charge is 0.312 e. The lowest BCUT2D eigenvalue weighted by atomic mass is 9.86. The molecule has 0 radical (unpaired) electrons. The normalized spacial score (nSPS) is 20.6. The Kier molecular flexibility index (Phi) is 4.70. The number of hydrogen-bond donors (Lipinski definition) is 2. The van der Waals surface area contributed by atoms with E-state index >= 15 is 0 Å². The molecule has 1 saturated carbocycles. The molecule has 1 atom stereocenters. The first-order valence-electron chi connectivity index (χ1n) is 6.72. The van der Waals surface area contributed by atoms with Gasteiger partial charge in [-0.2, -0.15) is 0 Å². The van der Waals surface area contributed by atoms with Crippen molar-refractivity contribution >= 4 is 22.4 Å². The third-order valence-electron chi connectivity index (χ3n) is 3.72. The van der Waals surface area contributed by atoms with Gasteiger partial charge in [-0.1, -0.05) is 0 Å². The SMILES string of the molecule is CNC(C)c1csc(NC(=O)C2CCC(F)(F)CC2)n1. The van der Waals surface area contributed by atoms with Gasteiger partial charge in [0.25, 0.3) is 0 Å². The van der Waals surface area contributed by atoms with E-state index in [2.05, 4.69) is 15.6 Å². The first-order chi connectivity index (χ1) is 9.41. The molecule has 112 valence electrons. The van der Waals surface area contributed by atoms with Crippen LogP contribution in [0, 0.1) is 5.92 Å². The monoisotopic (exact) mass is 303 g/mol. The highest BCUT2D eigenvalue weighted by Gasteiger charge is 2.37. The number of alkyl halides is 2. The molecule has 20 heavy (non-hydrogen) atoms. The first kappa shape index (κ1) is 15.3. The number of hydrogen-bond acceptors (Lipinski definition) is 4. The van der Waals surface area contributed by atoms with Crippen LogP contribution >= 0.6 is 11.3 Å². The molecular weight excluding hydrogens is 284 g/mol. The summed E-state index contributed by atoms with van der Waals surface area (Å²) in [4.78, 5) is 16.3. The Bertz CT molecular complexity index is 468. The molecule has 1 aromatic heterocycles. The van der Waals surface area contributed by atoms with Gasteiger partial charge in [-0.05, 0) is 26.8 Å². The molecule has 4 nitrogen and oxygen atoms in total. The minimum absolute atomic E-state index is 0.116.